The lowest BCUT2D eigenvalue weighted by Crippen LogP contribution is -2.52. The highest BCUT2D eigenvalue weighted by Crippen LogP contribution is 2.29. The summed E-state index contributed by atoms with van der Waals surface area (Å²) in [5, 5.41) is 4.39. The Hall–Kier alpha value is -1.89. The molecule has 1 aliphatic carbocycles. The second kappa shape index (κ2) is 14.0. The van der Waals surface area contributed by atoms with Gasteiger partial charge in [-0.1, -0.05) is 67.6 Å². The van der Waals surface area contributed by atoms with Crippen molar-refractivity contribution in [2.75, 3.05) is 12.9 Å². The van der Waals surface area contributed by atoms with Crippen molar-refractivity contribution in [2.24, 2.45) is 0 Å². The summed E-state index contributed by atoms with van der Waals surface area (Å²) in [6.07, 6.45) is 6.04. The quantitative estimate of drug-likeness (QED) is 0.356. The zero-order chi connectivity index (χ0) is 25.2. The zero-order valence-corrected chi connectivity index (χ0v) is 22.7. The minimum absolute atomic E-state index is 0.0691. The van der Waals surface area contributed by atoms with Gasteiger partial charge in [-0.2, -0.15) is 0 Å². The summed E-state index contributed by atoms with van der Waals surface area (Å²) < 4.78 is 5.26. The average Bonchev–Trinajstić information content (AvgIpc) is 2.86. The molecule has 35 heavy (non-hydrogen) atoms. The molecule has 1 aliphatic rings. The summed E-state index contributed by atoms with van der Waals surface area (Å²) in [5.41, 5.74) is 1.76. The van der Waals surface area contributed by atoms with Crippen LogP contribution >= 0.6 is 35.0 Å². The van der Waals surface area contributed by atoms with Crippen molar-refractivity contribution in [3.8, 4) is 5.75 Å². The van der Waals surface area contributed by atoms with E-state index < -0.39 is 6.04 Å². The van der Waals surface area contributed by atoms with Gasteiger partial charge in [0.25, 0.3) is 0 Å². The zero-order valence-electron chi connectivity index (χ0n) is 20.4. The minimum Gasteiger partial charge on any atom is -0.497 e. The molecule has 8 heteroatoms. The molecule has 2 aromatic carbocycles. The lowest BCUT2D eigenvalue weighted by atomic mass is 9.95. The Labute approximate surface area is 222 Å². The van der Waals surface area contributed by atoms with Crippen LogP contribution in [-0.2, 0) is 21.9 Å². The number of hydrogen-bond donors (Lipinski definition) is 1. The molecule has 1 N–H and O–H groups in total. The van der Waals surface area contributed by atoms with Crippen molar-refractivity contribution in [1.82, 2.24) is 10.2 Å². The van der Waals surface area contributed by atoms with E-state index in [4.69, 9.17) is 27.9 Å². The molecule has 0 spiro atoms. The van der Waals surface area contributed by atoms with Gasteiger partial charge in [0.2, 0.25) is 11.8 Å². The van der Waals surface area contributed by atoms with Crippen LogP contribution in [0.5, 0.6) is 5.75 Å². The van der Waals surface area contributed by atoms with Gasteiger partial charge in [0, 0.05) is 28.4 Å². The number of thioether (sulfide) groups is 1. The van der Waals surface area contributed by atoms with Gasteiger partial charge >= 0.3 is 0 Å². The van der Waals surface area contributed by atoms with Crippen molar-refractivity contribution >= 4 is 46.8 Å². The predicted octanol–water partition coefficient (Wildman–Crippen LogP) is 6.49. The molecule has 1 saturated carbocycles. The third-order valence-electron chi connectivity index (χ3n) is 6.38. The number of nitrogens with one attached hydrogen (secondary N) is 1. The molecule has 0 aromatic heterocycles. The molecular formula is C27H34Cl2N2O3S. The Morgan fingerprint density at radius 1 is 1.09 bits per heavy atom. The minimum atomic E-state index is -0.531. The van der Waals surface area contributed by atoms with Crippen LogP contribution in [0.1, 0.15) is 56.6 Å². The Morgan fingerprint density at radius 2 is 1.74 bits per heavy atom. The van der Waals surface area contributed by atoms with Crippen LogP contribution < -0.4 is 10.1 Å². The van der Waals surface area contributed by atoms with Gasteiger partial charge in [0.05, 0.1) is 12.9 Å². The first-order chi connectivity index (χ1) is 16.9. The predicted molar refractivity (Wildman–Crippen MR) is 145 cm³/mol. The molecule has 0 saturated heterocycles. The molecule has 3 rings (SSSR count). The first-order valence-corrected chi connectivity index (χ1v) is 14.1. The average molecular weight is 538 g/mol. The number of ether oxygens (including phenoxy) is 1. The van der Waals surface area contributed by atoms with E-state index in [9.17, 15) is 9.59 Å². The Balaban J connectivity index is 1.73. The molecule has 5 nitrogen and oxygen atoms in total. The first kappa shape index (κ1) is 27.7. The van der Waals surface area contributed by atoms with E-state index in [0.717, 1.165) is 42.6 Å². The summed E-state index contributed by atoms with van der Waals surface area (Å²) in [6, 6.07) is 12.7. The molecule has 1 atom stereocenters. The molecule has 0 unspecified atom stereocenters. The number of carbonyl (C=O) groups is 2. The van der Waals surface area contributed by atoms with Crippen molar-refractivity contribution in [3.63, 3.8) is 0 Å². The largest absolute Gasteiger partial charge is 0.497 e. The van der Waals surface area contributed by atoms with E-state index in [1.165, 1.54) is 18.2 Å². The number of methoxy groups -OCH3 is 1. The van der Waals surface area contributed by atoms with Crippen LogP contribution in [0, 0.1) is 0 Å². The van der Waals surface area contributed by atoms with Gasteiger partial charge in [0.1, 0.15) is 11.8 Å². The van der Waals surface area contributed by atoms with Crippen LogP contribution in [0.4, 0.5) is 0 Å². The Morgan fingerprint density at radius 3 is 2.34 bits per heavy atom. The van der Waals surface area contributed by atoms with Crippen molar-refractivity contribution in [2.45, 2.75) is 69.8 Å². The summed E-state index contributed by atoms with van der Waals surface area (Å²) >= 11 is 14.0. The lowest BCUT2D eigenvalue weighted by Gasteiger charge is -2.32. The molecule has 2 amide bonds. The van der Waals surface area contributed by atoms with E-state index in [1.807, 2.05) is 31.2 Å². The topological polar surface area (TPSA) is 58.6 Å². The number of hydrogen-bond acceptors (Lipinski definition) is 4. The van der Waals surface area contributed by atoms with E-state index in [1.54, 1.807) is 30.2 Å². The lowest BCUT2D eigenvalue weighted by molar-refractivity contribution is -0.139. The number of nitrogens with zero attached hydrogens (tertiary/aromatic N) is 1. The Kier molecular flexibility index (Phi) is 11.1. The van der Waals surface area contributed by atoms with Gasteiger partial charge in [-0.3, -0.25) is 9.59 Å². The molecule has 0 aliphatic heterocycles. The number of halogens is 2. The summed E-state index contributed by atoms with van der Waals surface area (Å²) in [5.74, 6) is 1.34. The van der Waals surface area contributed by atoms with E-state index >= 15 is 0 Å². The maximum Gasteiger partial charge on any atom is 0.243 e. The highest BCUT2D eigenvalue weighted by molar-refractivity contribution is 7.99. The van der Waals surface area contributed by atoms with Crippen LogP contribution in [0.2, 0.25) is 10.0 Å². The number of carbonyl (C=O) groups excluding carboxylic acids is 2. The summed E-state index contributed by atoms with van der Waals surface area (Å²) in [6.45, 7) is 2.31. The van der Waals surface area contributed by atoms with Gasteiger partial charge in [-0.15, -0.1) is 11.8 Å². The highest BCUT2D eigenvalue weighted by atomic mass is 35.5. The number of benzene rings is 2. The number of amides is 2. The van der Waals surface area contributed by atoms with Gasteiger partial charge < -0.3 is 15.0 Å². The van der Waals surface area contributed by atoms with Crippen LogP contribution in [0.25, 0.3) is 0 Å². The second-order valence-corrected chi connectivity index (χ2v) is 10.6. The SMILES string of the molecule is CC[C@H](C(=O)NC1CCCCC1)N(Cc1ccc(OC)cc1)C(=O)CSCc1c(Cl)cccc1Cl. The van der Waals surface area contributed by atoms with Crippen LogP contribution in [-0.4, -0.2) is 41.7 Å². The maximum absolute atomic E-state index is 13.5. The molecule has 0 bridgehead atoms. The molecule has 0 heterocycles. The maximum atomic E-state index is 13.5. The fourth-order valence-corrected chi connectivity index (χ4v) is 6.03. The molecule has 0 radical (unpaired) electrons. The molecular weight excluding hydrogens is 503 g/mol. The smallest absolute Gasteiger partial charge is 0.243 e. The monoisotopic (exact) mass is 536 g/mol. The van der Waals surface area contributed by atoms with E-state index in [2.05, 4.69) is 5.32 Å². The van der Waals surface area contributed by atoms with Crippen LogP contribution in [0.3, 0.4) is 0 Å². The van der Waals surface area contributed by atoms with Crippen molar-refractivity contribution < 1.29 is 14.3 Å². The summed E-state index contributed by atoms with van der Waals surface area (Å²) in [7, 11) is 1.62. The molecule has 2 aromatic rings. The number of rotatable bonds is 11. The Bertz CT molecular complexity index is 961. The van der Waals surface area contributed by atoms with Gasteiger partial charge in [-0.05, 0) is 54.7 Å². The highest BCUT2D eigenvalue weighted by Gasteiger charge is 2.30. The third-order valence-corrected chi connectivity index (χ3v) is 8.04. The first-order valence-electron chi connectivity index (χ1n) is 12.2. The van der Waals surface area contributed by atoms with Crippen LogP contribution in [0.15, 0.2) is 42.5 Å². The summed E-state index contributed by atoms with van der Waals surface area (Å²) in [4.78, 5) is 28.5. The fourth-order valence-electron chi connectivity index (χ4n) is 4.38. The fraction of sp³-hybridized carbons (Fsp3) is 0.481. The van der Waals surface area contributed by atoms with E-state index in [-0.39, 0.29) is 23.6 Å². The molecule has 190 valence electrons. The van der Waals surface area contributed by atoms with Crippen molar-refractivity contribution in [1.29, 1.82) is 0 Å². The standard InChI is InChI=1S/C27H34Cl2N2O3S/c1-3-25(27(33)30-20-8-5-4-6-9-20)31(16-19-12-14-21(34-2)15-13-19)26(32)18-35-17-22-23(28)10-7-11-24(22)29/h7,10-15,20,25H,3-6,8-9,16-18H2,1-2H3,(H,30,33)/t25-/m1/s1. The van der Waals surface area contributed by atoms with Crippen molar-refractivity contribution in [3.05, 3.63) is 63.6 Å². The van der Waals surface area contributed by atoms with Gasteiger partial charge in [-0.25, -0.2) is 0 Å². The normalized spacial score (nSPS) is 14.9. The van der Waals surface area contributed by atoms with Gasteiger partial charge in [0.15, 0.2) is 0 Å². The third kappa shape index (κ3) is 8.06. The second-order valence-electron chi connectivity index (χ2n) is 8.83. The van der Waals surface area contributed by atoms with E-state index in [0.29, 0.717) is 28.8 Å². The molecule has 1 fully saturated rings.